The number of aryl methyl sites for hydroxylation is 3. The molecule has 0 bridgehead atoms. The number of carbonyl (C=O) groups excluding carboxylic acids is 7. The summed E-state index contributed by atoms with van der Waals surface area (Å²) in [7, 11) is 0. The summed E-state index contributed by atoms with van der Waals surface area (Å²) in [6.07, 6.45) is 35.8. The van der Waals surface area contributed by atoms with Gasteiger partial charge in [-0.1, -0.05) is 152 Å². The van der Waals surface area contributed by atoms with E-state index in [2.05, 4.69) is 171 Å². The maximum Gasteiger partial charge on any atom is 0.508 e. The lowest BCUT2D eigenvalue weighted by Crippen LogP contribution is -2.44. The Kier molecular flexibility index (Phi) is 33.4. The summed E-state index contributed by atoms with van der Waals surface area (Å²) < 4.78 is 58.1. The van der Waals surface area contributed by atoms with E-state index >= 15 is 0 Å². The van der Waals surface area contributed by atoms with E-state index in [9.17, 15) is 38.7 Å². The Morgan fingerprint density at radius 2 is 0.930 bits per heavy atom. The molecule has 2 heterocycles. The van der Waals surface area contributed by atoms with Crippen LogP contribution in [0.5, 0.6) is 0 Å². The van der Waals surface area contributed by atoms with E-state index < -0.39 is 66.8 Å². The highest BCUT2D eigenvalue weighted by molar-refractivity contribution is 6.23. The number of carbonyl (C=O) groups is 7. The minimum absolute atomic E-state index is 0.00140. The largest absolute Gasteiger partial charge is 0.508 e. The van der Waals surface area contributed by atoms with Gasteiger partial charge in [0.05, 0.1) is 66.1 Å². The molecule has 608 valence electrons. The van der Waals surface area contributed by atoms with Gasteiger partial charge in [0, 0.05) is 56.1 Å². The number of aliphatic hydroxyl groups excluding tert-OH is 3. The van der Waals surface area contributed by atoms with Gasteiger partial charge in [-0.25, -0.2) is 24.0 Å². The second-order valence-corrected chi connectivity index (χ2v) is 29.7. The van der Waals surface area contributed by atoms with Crippen LogP contribution in [0.1, 0.15) is 146 Å². The SMILES string of the molecule is CC(CO)(COC(=O)OCCCOC(=O)OCCCCc1ccc2c3c1C=CC1=CC=CC(=CC2)C13)C(=O)OCCCCl.CC1(C(=O)OCCCCl)COC(=O)OC1.O=C(OCCCO)OCCCCc1ccc2c3c1C=CC1=CC=CC(=CC2)C13.O=C1OCCCO1.OCCCCc1ccc2ccc3cccc4ccc1c2c34. The Hall–Kier alpha value is -9.97. The number of hydrogen-bond donors (Lipinski definition) is 3. The fourth-order valence-electron chi connectivity index (χ4n) is 14.3. The number of ether oxygens (including phenoxy) is 12. The van der Waals surface area contributed by atoms with Gasteiger partial charge in [0.2, 0.25) is 0 Å². The number of cyclic esters (lactones) is 4. The Labute approximate surface area is 674 Å². The van der Waals surface area contributed by atoms with Crippen LogP contribution in [0.4, 0.5) is 24.0 Å². The Morgan fingerprint density at radius 3 is 1.45 bits per heavy atom. The van der Waals surface area contributed by atoms with Gasteiger partial charge in [-0.15, -0.1) is 23.2 Å². The zero-order valence-electron chi connectivity index (χ0n) is 64.8. The maximum absolute atomic E-state index is 12.1. The lowest BCUT2D eigenvalue weighted by Gasteiger charge is -2.34. The molecule has 114 heavy (non-hydrogen) atoms. The molecule has 3 atom stereocenters. The number of benzene rings is 6. The molecule has 2 fully saturated rings. The lowest BCUT2D eigenvalue weighted by molar-refractivity contribution is -0.166. The first-order valence-electron chi connectivity index (χ1n) is 39.2. The van der Waals surface area contributed by atoms with Gasteiger partial charge in [-0.2, -0.15) is 0 Å². The van der Waals surface area contributed by atoms with Gasteiger partial charge in [-0.3, -0.25) is 9.59 Å². The number of allylic oxidation sites excluding steroid dienone is 14. The molecule has 2 saturated heterocycles. The molecule has 0 aromatic heterocycles. The molecule has 0 radical (unpaired) electrons. The first-order chi connectivity index (χ1) is 55.5. The molecular weight excluding hydrogens is 1500 g/mol. The van der Waals surface area contributed by atoms with Crippen molar-refractivity contribution >= 4 is 110 Å². The zero-order chi connectivity index (χ0) is 80.7. The van der Waals surface area contributed by atoms with E-state index in [-0.39, 0.29) is 72.5 Å². The molecule has 6 aliphatic carbocycles. The molecule has 24 heteroatoms. The van der Waals surface area contributed by atoms with Crippen LogP contribution in [-0.4, -0.2) is 169 Å². The van der Waals surface area contributed by atoms with Crippen LogP contribution in [0.15, 0.2) is 162 Å². The third-order valence-electron chi connectivity index (χ3n) is 20.5. The first-order valence-corrected chi connectivity index (χ1v) is 40.3. The third kappa shape index (κ3) is 23.6. The normalized spacial score (nSPS) is 16.9. The van der Waals surface area contributed by atoms with Crippen molar-refractivity contribution in [1.29, 1.82) is 0 Å². The summed E-state index contributed by atoms with van der Waals surface area (Å²) in [6.45, 7) is 4.49. The maximum atomic E-state index is 12.1. The highest BCUT2D eigenvalue weighted by Crippen LogP contribution is 2.49. The summed E-state index contributed by atoms with van der Waals surface area (Å²) in [5, 5.41) is 35.3. The van der Waals surface area contributed by atoms with Crippen molar-refractivity contribution in [1.82, 2.24) is 0 Å². The Balaban J connectivity index is 0.000000166. The second kappa shape index (κ2) is 44.1. The third-order valence-corrected chi connectivity index (χ3v) is 21.0. The molecule has 8 aliphatic rings. The molecule has 0 amide bonds. The number of rotatable bonds is 32. The van der Waals surface area contributed by atoms with Crippen LogP contribution in [0.3, 0.4) is 0 Å². The van der Waals surface area contributed by atoms with E-state index in [1.807, 2.05) is 0 Å². The predicted molar refractivity (Wildman–Crippen MR) is 434 cm³/mol. The number of halogens is 2. The first kappa shape index (κ1) is 86.4. The van der Waals surface area contributed by atoms with Gasteiger partial charge >= 0.3 is 42.7 Å². The average molecular weight is 1610 g/mol. The van der Waals surface area contributed by atoms with Crippen molar-refractivity contribution in [3.05, 3.63) is 212 Å². The summed E-state index contributed by atoms with van der Waals surface area (Å²) in [6, 6.07) is 29.0. The molecule has 6 aromatic rings. The average Bonchev–Trinajstić information content (AvgIpc) is 0.754. The molecule has 3 unspecified atom stereocenters. The quantitative estimate of drug-likeness (QED) is 0.0116. The van der Waals surface area contributed by atoms with Gasteiger partial charge in [-0.05, 0) is 202 Å². The number of aliphatic hydroxyl groups is 3. The minimum atomic E-state index is -1.41. The molecule has 0 spiro atoms. The van der Waals surface area contributed by atoms with Crippen LogP contribution in [-0.2, 0) is 98.5 Å². The van der Waals surface area contributed by atoms with Crippen molar-refractivity contribution in [3.8, 4) is 0 Å². The van der Waals surface area contributed by atoms with Crippen LogP contribution in [0.25, 0.3) is 44.5 Å². The fraction of sp³-hybridized carbons (Fsp3) is 0.433. The minimum Gasteiger partial charge on any atom is -0.465 e. The number of esters is 2. The smallest absolute Gasteiger partial charge is 0.465 e. The number of alkyl halides is 2. The number of hydrogen-bond acceptors (Lipinski definition) is 22. The molecule has 2 aliphatic heterocycles. The standard InChI is InChI=1S/C33H39ClO9.C24H26O4.C20H18O.C9H13ClO5.C4H6O3/c1-33(21-35,30(36)39-18-5-16-34)22-43-32(38)42-20-6-19-41-31(37)40-17-3-2-7-23-10-11-26-13-12-24-8-4-9-25-14-15-27(23)29(26)28(24)25;25-14-4-16-28-24(26)27-15-2-1-5-17-8-9-20-11-10-18-6-3-7-19-12-13-21(17)23(20)22(18)19;21-13-2-1-4-14-7-8-17-10-9-15-5-3-6-16-11-12-18(14)20(17)19(15)16;1-9(5-14-8(12)15-6-9)7(11)13-4-2-3-10;5-4-6-2-1-3-7-4/h4,8-12,14-15,28,35H,2-3,5-7,13,16-22H2,1H3;3,6-10,12-13,22,25H,1-2,4-5,11,14-16H2;3,5-12,21H,1-2,4,13H2;2-6H2,1H3;1-3H2. The molecule has 22 nitrogen and oxygen atoms in total. The second-order valence-electron chi connectivity index (χ2n) is 29.0. The van der Waals surface area contributed by atoms with Crippen LogP contribution in [0.2, 0.25) is 0 Å². The van der Waals surface area contributed by atoms with Crippen molar-refractivity contribution in [2.75, 3.05) is 111 Å². The highest BCUT2D eigenvalue weighted by Gasteiger charge is 2.42. The molecular formula is C90H102Cl2O22. The van der Waals surface area contributed by atoms with E-state index in [0.717, 1.165) is 70.6 Å². The zero-order valence-corrected chi connectivity index (χ0v) is 66.3. The van der Waals surface area contributed by atoms with Crippen molar-refractivity contribution in [2.45, 2.75) is 128 Å². The van der Waals surface area contributed by atoms with Gasteiger partial charge in [0.15, 0.2) is 0 Å². The topological polar surface area (TPSA) is 291 Å². The van der Waals surface area contributed by atoms with Gasteiger partial charge in [0.1, 0.15) is 30.7 Å². The molecule has 0 saturated carbocycles. The Morgan fingerprint density at radius 1 is 0.474 bits per heavy atom. The summed E-state index contributed by atoms with van der Waals surface area (Å²) >= 11 is 11.0. The van der Waals surface area contributed by atoms with Crippen molar-refractivity contribution in [3.63, 3.8) is 0 Å². The van der Waals surface area contributed by atoms with Crippen LogP contribution >= 0.6 is 23.2 Å². The summed E-state index contributed by atoms with van der Waals surface area (Å²) in [5.74, 6) is 0.376. The summed E-state index contributed by atoms with van der Waals surface area (Å²) in [4.78, 5) is 79.4. The van der Waals surface area contributed by atoms with E-state index in [1.54, 1.807) is 6.92 Å². The van der Waals surface area contributed by atoms with Crippen molar-refractivity contribution in [2.24, 2.45) is 10.8 Å². The number of unbranched alkanes of at least 4 members (excludes halogenated alkanes) is 3. The van der Waals surface area contributed by atoms with E-state index in [4.69, 9.17) is 71.3 Å². The van der Waals surface area contributed by atoms with Crippen LogP contribution < -0.4 is 0 Å². The molecule has 14 rings (SSSR count). The molecule has 3 N–H and O–H groups in total. The lowest BCUT2D eigenvalue weighted by atomic mass is 9.70. The van der Waals surface area contributed by atoms with E-state index in [0.29, 0.717) is 69.1 Å². The monoisotopic (exact) mass is 1600 g/mol. The van der Waals surface area contributed by atoms with Crippen molar-refractivity contribution < 1.29 is 106 Å². The fourth-order valence-corrected chi connectivity index (χ4v) is 14.5. The Bertz CT molecular complexity index is 4550. The highest BCUT2D eigenvalue weighted by atomic mass is 35.5. The summed E-state index contributed by atoms with van der Waals surface area (Å²) in [5.41, 5.74) is 15.7. The van der Waals surface area contributed by atoms with E-state index in [1.165, 1.54) is 112 Å². The van der Waals surface area contributed by atoms with Crippen LogP contribution in [0, 0.1) is 10.8 Å². The van der Waals surface area contributed by atoms with Gasteiger partial charge < -0.3 is 72.2 Å². The molecule has 6 aromatic carbocycles. The van der Waals surface area contributed by atoms with Gasteiger partial charge in [0.25, 0.3) is 0 Å². The predicted octanol–water partition coefficient (Wildman–Crippen LogP) is 17.4.